The average molecular weight is 340 g/mol. The van der Waals surface area contributed by atoms with Crippen LogP contribution in [0, 0.1) is 12.7 Å². The van der Waals surface area contributed by atoms with E-state index in [1.807, 2.05) is 25.1 Å². The number of benzene rings is 1. The van der Waals surface area contributed by atoms with Crippen LogP contribution >= 0.6 is 0 Å². The zero-order valence-electron chi connectivity index (χ0n) is 14.2. The van der Waals surface area contributed by atoms with Gasteiger partial charge in [-0.3, -0.25) is 14.8 Å². The monoisotopic (exact) mass is 340 g/mol. The molecule has 25 heavy (non-hydrogen) atoms. The Hall–Kier alpha value is -2.47. The Labute approximate surface area is 145 Å². The van der Waals surface area contributed by atoms with Gasteiger partial charge < -0.3 is 0 Å². The number of nitrogens with one attached hydrogen (secondary N) is 1. The maximum Gasteiger partial charge on any atom is 0.272 e. The van der Waals surface area contributed by atoms with Crippen molar-refractivity contribution in [3.05, 3.63) is 69.5 Å². The van der Waals surface area contributed by atoms with Gasteiger partial charge in [-0.25, -0.2) is 13.9 Å². The van der Waals surface area contributed by atoms with Crippen LogP contribution in [0.5, 0.6) is 0 Å². The van der Waals surface area contributed by atoms with Crippen molar-refractivity contribution in [1.29, 1.82) is 0 Å². The SMILES string of the molecule is Cc1cc(=O)n2[nH]c([C@H]3CCCCN3Cc3ccc(F)cc3)cc2n1. The summed E-state index contributed by atoms with van der Waals surface area (Å²) in [6, 6.07) is 10.4. The van der Waals surface area contributed by atoms with Crippen molar-refractivity contribution in [3.8, 4) is 0 Å². The predicted octanol–water partition coefficient (Wildman–Crippen LogP) is 3.20. The van der Waals surface area contributed by atoms with Crippen LogP contribution in [0.25, 0.3) is 5.65 Å². The third kappa shape index (κ3) is 3.22. The third-order valence-corrected chi connectivity index (χ3v) is 4.87. The summed E-state index contributed by atoms with van der Waals surface area (Å²) in [5.74, 6) is -0.213. The zero-order chi connectivity index (χ0) is 17.4. The van der Waals surface area contributed by atoms with Gasteiger partial charge >= 0.3 is 0 Å². The number of hydrogen-bond acceptors (Lipinski definition) is 3. The van der Waals surface area contributed by atoms with Gasteiger partial charge in [-0.05, 0) is 44.0 Å². The molecule has 1 N–H and O–H groups in total. The number of piperidine rings is 1. The predicted molar refractivity (Wildman–Crippen MR) is 94.0 cm³/mol. The number of aromatic amines is 1. The molecule has 1 fully saturated rings. The summed E-state index contributed by atoms with van der Waals surface area (Å²) in [5, 5.41) is 3.23. The molecule has 0 saturated carbocycles. The summed E-state index contributed by atoms with van der Waals surface area (Å²) in [5.41, 5.74) is 3.40. The summed E-state index contributed by atoms with van der Waals surface area (Å²) >= 11 is 0. The van der Waals surface area contributed by atoms with Crippen LogP contribution in [0.1, 0.15) is 42.3 Å². The second-order valence-electron chi connectivity index (χ2n) is 6.75. The van der Waals surface area contributed by atoms with Gasteiger partial charge in [0.25, 0.3) is 5.56 Å². The van der Waals surface area contributed by atoms with Crippen LogP contribution in [0.4, 0.5) is 4.39 Å². The number of rotatable bonds is 3. The van der Waals surface area contributed by atoms with E-state index < -0.39 is 0 Å². The number of hydrogen-bond donors (Lipinski definition) is 1. The van der Waals surface area contributed by atoms with Crippen LogP contribution in [0.3, 0.4) is 0 Å². The van der Waals surface area contributed by atoms with E-state index >= 15 is 0 Å². The van der Waals surface area contributed by atoms with Crippen LogP contribution in [-0.4, -0.2) is 26.0 Å². The zero-order valence-corrected chi connectivity index (χ0v) is 14.2. The summed E-state index contributed by atoms with van der Waals surface area (Å²) < 4.78 is 14.6. The summed E-state index contributed by atoms with van der Waals surface area (Å²) in [6.07, 6.45) is 3.33. The van der Waals surface area contributed by atoms with E-state index in [1.54, 1.807) is 0 Å². The number of nitrogens with zero attached hydrogens (tertiary/aromatic N) is 3. The first-order valence-corrected chi connectivity index (χ1v) is 8.68. The molecule has 1 aromatic carbocycles. The number of fused-ring (bicyclic) bond motifs is 1. The van der Waals surface area contributed by atoms with Gasteiger partial charge in [-0.15, -0.1) is 0 Å². The molecule has 1 saturated heterocycles. The number of halogens is 1. The van der Waals surface area contributed by atoms with E-state index in [2.05, 4.69) is 15.0 Å². The lowest BCUT2D eigenvalue weighted by Crippen LogP contribution is -2.33. The van der Waals surface area contributed by atoms with Gasteiger partial charge in [0.1, 0.15) is 5.82 Å². The topological polar surface area (TPSA) is 53.4 Å². The minimum absolute atomic E-state index is 0.0883. The molecular formula is C19H21FN4O. The Bertz CT molecular complexity index is 944. The molecule has 6 heteroatoms. The van der Waals surface area contributed by atoms with Gasteiger partial charge in [-0.1, -0.05) is 18.6 Å². The molecule has 3 aromatic rings. The Morgan fingerprint density at radius 1 is 1.24 bits per heavy atom. The van der Waals surface area contributed by atoms with Gasteiger partial charge in [0, 0.05) is 24.4 Å². The molecule has 1 aliphatic heterocycles. The molecular weight excluding hydrogens is 319 g/mol. The molecule has 3 heterocycles. The molecule has 130 valence electrons. The second kappa shape index (κ2) is 6.44. The van der Waals surface area contributed by atoms with E-state index in [0.717, 1.165) is 49.3 Å². The highest BCUT2D eigenvalue weighted by Crippen LogP contribution is 2.31. The molecule has 1 atom stereocenters. The quantitative estimate of drug-likeness (QED) is 0.797. The number of likely N-dealkylation sites (tertiary alicyclic amines) is 1. The van der Waals surface area contributed by atoms with Gasteiger partial charge in [-0.2, -0.15) is 0 Å². The first-order valence-electron chi connectivity index (χ1n) is 8.68. The van der Waals surface area contributed by atoms with E-state index in [9.17, 15) is 9.18 Å². The minimum Gasteiger partial charge on any atom is -0.292 e. The van der Waals surface area contributed by atoms with Crippen LogP contribution in [0.15, 0.2) is 41.2 Å². The normalized spacial score (nSPS) is 18.7. The lowest BCUT2D eigenvalue weighted by molar-refractivity contribution is 0.137. The van der Waals surface area contributed by atoms with Crippen LogP contribution in [0.2, 0.25) is 0 Å². The van der Waals surface area contributed by atoms with Crippen LogP contribution < -0.4 is 5.56 Å². The molecule has 4 rings (SSSR count). The molecule has 0 spiro atoms. The van der Waals surface area contributed by atoms with Crippen molar-refractivity contribution in [2.45, 2.75) is 38.8 Å². The van der Waals surface area contributed by atoms with Crippen LogP contribution in [-0.2, 0) is 6.54 Å². The van der Waals surface area contributed by atoms with E-state index in [4.69, 9.17) is 0 Å². The van der Waals surface area contributed by atoms with Gasteiger partial charge in [0.05, 0.1) is 11.7 Å². The van der Waals surface area contributed by atoms with Crippen molar-refractivity contribution < 1.29 is 4.39 Å². The number of aryl methyl sites for hydroxylation is 1. The molecule has 2 aromatic heterocycles. The van der Waals surface area contributed by atoms with Crippen molar-refractivity contribution in [1.82, 2.24) is 19.5 Å². The highest BCUT2D eigenvalue weighted by atomic mass is 19.1. The minimum atomic E-state index is -0.213. The Kier molecular flexibility index (Phi) is 4.13. The molecule has 0 amide bonds. The maximum atomic E-state index is 13.1. The van der Waals surface area contributed by atoms with E-state index in [0.29, 0.717) is 5.65 Å². The van der Waals surface area contributed by atoms with Crippen molar-refractivity contribution in [3.63, 3.8) is 0 Å². The number of aromatic nitrogens is 3. The molecule has 0 bridgehead atoms. The largest absolute Gasteiger partial charge is 0.292 e. The molecule has 5 nitrogen and oxygen atoms in total. The molecule has 0 aliphatic carbocycles. The molecule has 0 radical (unpaired) electrons. The van der Waals surface area contributed by atoms with Crippen molar-refractivity contribution >= 4 is 5.65 Å². The first-order chi connectivity index (χ1) is 12.1. The summed E-state index contributed by atoms with van der Waals surface area (Å²) in [4.78, 5) is 19.0. The van der Waals surface area contributed by atoms with E-state index in [1.165, 1.54) is 22.7 Å². The van der Waals surface area contributed by atoms with Crippen molar-refractivity contribution in [2.75, 3.05) is 6.54 Å². The van der Waals surface area contributed by atoms with E-state index in [-0.39, 0.29) is 17.4 Å². The fraction of sp³-hybridized carbons (Fsp3) is 0.368. The summed E-state index contributed by atoms with van der Waals surface area (Å²) in [6.45, 7) is 3.58. The standard InChI is InChI=1S/C19H21FN4O/c1-13-10-19(25)24-18(21-13)11-16(22-24)17-4-2-3-9-23(17)12-14-5-7-15(20)8-6-14/h5-8,10-11,17,22H,2-4,9,12H2,1H3/t17-/m1/s1. The lowest BCUT2D eigenvalue weighted by atomic mass is 9.98. The third-order valence-electron chi connectivity index (χ3n) is 4.87. The second-order valence-corrected chi connectivity index (χ2v) is 6.75. The highest BCUT2D eigenvalue weighted by Gasteiger charge is 2.26. The molecule has 0 unspecified atom stereocenters. The summed E-state index contributed by atoms with van der Waals surface area (Å²) in [7, 11) is 0. The first kappa shape index (κ1) is 16.0. The lowest BCUT2D eigenvalue weighted by Gasteiger charge is -2.35. The Balaban J connectivity index is 1.65. The maximum absolute atomic E-state index is 13.1. The smallest absolute Gasteiger partial charge is 0.272 e. The average Bonchev–Trinajstić information content (AvgIpc) is 3.01. The Morgan fingerprint density at radius 2 is 2.04 bits per heavy atom. The fourth-order valence-corrected chi connectivity index (χ4v) is 3.66. The molecule has 1 aliphatic rings. The van der Waals surface area contributed by atoms with Gasteiger partial charge in [0.2, 0.25) is 0 Å². The van der Waals surface area contributed by atoms with Gasteiger partial charge in [0.15, 0.2) is 5.65 Å². The fourth-order valence-electron chi connectivity index (χ4n) is 3.66. The Morgan fingerprint density at radius 3 is 2.84 bits per heavy atom. The number of H-pyrrole nitrogens is 1. The highest BCUT2D eigenvalue weighted by molar-refractivity contribution is 5.40. The van der Waals surface area contributed by atoms with Crippen molar-refractivity contribution in [2.24, 2.45) is 0 Å².